The molecule has 29 heavy (non-hydrogen) atoms. The van der Waals surface area contributed by atoms with Crippen LogP contribution in [0.15, 0.2) is 48.6 Å². The van der Waals surface area contributed by atoms with Crippen molar-refractivity contribution in [2.45, 2.75) is 89.9 Å². The van der Waals surface area contributed by atoms with Gasteiger partial charge in [-0.15, -0.1) is 0 Å². The van der Waals surface area contributed by atoms with E-state index >= 15 is 0 Å². The lowest BCUT2D eigenvalue weighted by Crippen LogP contribution is -2.14. The average molecular weight is 390 g/mol. The first kappa shape index (κ1) is 21.9. The van der Waals surface area contributed by atoms with E-state index in [0.29, 0.717) is 5.92 Å². The Labute approximate surface area is 178 Å². The van der Waals surface area contributed by atoms with Crippen LogP contribution in [0.5, 0.6) is 0 Å². The van der Waals surface area contributed by atoms with E-state index in [1.165, 1.54) is 82.6 Å². The maximum absolute atomic E-state index is 8.67. The van der Waals surface area contributed by atoms with E-state index in [0.717, 1.165) is 17.8 Å². The number of benzene rings is 1. The van der Waals surface area contributed by atoms with Gasteiger partial charge in [-0.05, 0) is 99.0 Å². The van der Waals surface area contributed by atoms with Gasteiger partial charge in [-0.1, -0.05) is 62.3 Å². The van der Waals surface area contributed by atoms with Crippen molar-refractivity contribution in [3.8, 4) is 6.07 Å². The van der Waals surface area contributed by atoms with Crippen LogP contribution in [0, 0.1) is 29.1 Å². The van der Waals surface area contributed by atoms with E-state index < -0.39 is 0 Å². The van der Waals surface area contributed by atoms with Crippen LogP contribution in [-0.2, 0) is 6.42 Å². The van der Waals surface area contributed by atoms with Gasteiger partial charge in [0, 0.05) is 6.08 Å². The third-order valence-corrected chi connectivity index (χ3v) is 7.21. The van der Waals surface area contributed by atoms with Gasteiger partial charge in [-0.25, -0.2) is 0 Å². The molecule has 2 aliphatic carbocycles. The fourth-order valence-corrected chi connectivity index (χ4v) is 5.20. The Bertz CT molecular complexity index is 674. The molecule has 0 atom stereocenters. The highest BCUT2D eigenvalue weighted by Gasteiger charge is 2.22. The second kappa shape index (κ2) is 12.0. The highest BCUT2D eigenvalue weighted by molar-refractivity contribution is 5.26. The number of aryl methyl sites for hydroxylation is 1. The Morgan fingerprint density at radius 1 is 0.793 bits per heavy atom. The smallest absolute Gasteiger partial charge is 0.0908 e. The number of unbranched alkanes of at least 4 members (excludes halogenated alkanes) is 2. The van der Waals surface area contributed by atoms with Gasteiger partial charge in [0.05, 0.1) is 6.07 Å². The summed E-state index contributed by atoms with van der Waals surface area (Å²) in [7, 11) is 0. The van der Waals surface area contributed by atoms with Crippen molar-refractivity contribution < 1.29 is 0 Å². The van der Waals surface area contributed by atoms with Gasteiger partial charge in [-0.2, -0.15) is 5.26 Å². The third kappa shape index (κ3) is 7.18. The predicted octanol–water partition coefficient (Wildman–Crippen LogP) is 8.14. The molecule has 0 bridgehead atoms. The van der Waals surface area contributed by atoms with Crippen LogP contribution in [0.3, 0.4) is 0 Å². The molecule has 1 aromatic rings. The second-order valence-electron chi connectivity index (χ2n) is 9.36. The van der Waals surface area contributed by atoms with Gasteiger partial charge in [-0.3, -0.25) is 0 Å². The summed E-state index contributed by atoms with van der Waals surface area (Å²) in [5.41, 5.74) is 3.08. The number of rotatable bonds is 8. The molecule has 1 nitrogen and oxygen atoms in total. The summed E-state index contributed by atoms with van der Waals surface area (Å²) < 4.78 is 0. The predicted molar refractivity (Wildman–Crippen MR) is 124 cm³/mol. The minimum absolute atomic E-state index is 0.632. The molecule has 0 heterocycles. The van der Waals surface area contributed by atoms with Crippen LogP contribution in [0.1, 0.15) is 94.6 Å². The lowest BCUT2D eigenvalue weighted by Gasteiger charge is -2.28. The Balaban J connectivity index is 1.39. The molecule has 0 unspecified atom stereocenters. The van der Waals surface area contributed by atoms with E-state index in [1.54, 1.807) is 11.6 Å². The first-order valence-electron chi connectivity index (χ1n) is 12.1. The van der Waals surface area contributed by atoms with Crippen molar-refractivity contribution in [3.05, 3.63) is 59.7 Å². The van der Waals surface area contributed by atoms with Crippen LogP contribution in [0.2, 0.25) is 0 Å². The molecule has 2 aliphatic rings. The second-order valence-corrected chi connectivity index (χ2v) is 9.36. The molecule has 2 fully saturated rings. The number of nitrogens with zero attached hydrogens (tertiary/aromatic N) is 1. The van der Waals surface area contributed by atoms with Crippen LogP contribution >= 0.6 is 0 Å². The summed E-state index contributed by atoms with van der Waals surface area (Å²) in [6, 6.07) is 11.7. The molecular formula is C28H39N. The Morgan fingerprint density at radius 3 is 1.90 bits per heavy atom. The largest absolute Gasteiger partial charge is 0.193 e. The van der Waals surface area contributed by atoms with Gasteiger partial charge in [0.25, 0.3) is 0 Å². The zero-order chi connectivity index (χ0) is 20.3. The van der Waals surface area contributed by atoms with Gasteiger partial charge in [0.15, 0.2) is 0 Å². The molecule has 0 N–H and O–H groups in total. The van der Waals surface area contributed by atoms with E-state index in [1.807, 2.05) is 0 Å². The molecule has 1 heteroatoms. The van der Waals surface area contributed by atoms with Crippen molar-refractivity contribution in [1.29, 1.82) is 5.26 Å². The summed E-state index contributed by atoms with van der Waals surface area (Å²) in [6.07, 6.45) is 24.5. The fourth-order valence-electron chi connectivity index (χ4n) is 5.20. The molecule has 156 valence electrons. The topological polar surface area (TPSA) is 23.8 Å². The summed E-state index contributed by atoms with van der Waals surface area (Å²) in [6.45, 7) is 2.27. The molecule has 0 aliphatic heterocycles. The van der Waals surface area contributed by atoms with Gasteiger partial charge in [0.2, 0.25) is 0 Å². The van der Waals surface area contributed by atoms with E-state index in [-0.39, 0.29) is 0 Å². The normalized spacial score (nSPS) is 28.0. The SMILES string of the molecule is CCCCCc1ccc(C2CCC(C=CC3CCC(C=CC#N)CC3)CC2)cc1. The highest BCUT2D eigenvalue weighted by Crippen LogP contribution is 2.37. The average Bonchev–Trinajstić information content (AvgIpc) is 2.78. The lowest BCUT2D eigenvalue weighted by atomic mass is 9.77. The summed E-state index contributed by atoms with van der Waals surface area (Å²) in [5, 5.41) is 8.67. The van der Waals surface area contributed by atoms with Crippen LogP contribution in [-0.4, -0.2) is 0 Å². The maximum Gasteiger partial charge on any atom is 0.0908 e. The van der Waals surface area contributed by atoms with Crippen molar-refractivity contribution >= 4 is 0 Å². The molecule has 0 amide bonds. The standard InChI is InChI=1S/C28H39N/c1-2-3-4-6-23-14-18-27(19-15-23)28-20-16-26(17-21-28)13-12-25-10-8-24(9-11-25)7-5-22-29/h5,7,12-15,18-19,24-26,28H,2-4,6,8-11,16-17,20-21H2,1H3. The highest BCUT2D eigenvalue weighted by atomic mass is 14.3. The summed E-state index contributed by atoms with van der Waals surface area (Å²) >= 11 is 0. The molecule has 0 saturated heterocycles. The van der Waals surface area contributed by atoms with Crippen molar-refractivity contribution in [1.82, 2.24) is 0 Å². The maximum atomic E-state index is 8.67. The fraction of sp³-hybridized carbons (Fsp3) is 0.607. The first-order chi connectivity index (χ1) is 14.3. The number of nitriles is 1. The van der Waals surface area contributed by atoms with E-state index in [9.17, 15) is 0 Å². The van der Waals surface area contributed by atoms with Gasteiger partial charge in [0.1, 0.15) is 0 Å². The van der Waals surface area contributed by atoms with Crippen molar-refractivity contribution in [2.75, 3.05) is 0 Å². The Hall–Kier alpha value is -1.81. The van der Waals surface area contributed by atoms with Crippen LogP contribution in [0.25, 0.3) is 0 Å². The molecule has 0 aromatic heterocycles. The van der Waals surface area contributed by atoms with Crippen molar-refractivity contribution in [2.24, 2.45) is 17.8 Å². The molecule has 2 saturated carbocycles. The van der Waals surface area contributed by atoms with E-state index in [4.69, 9.17) is 5.26 Å². The minimum Gasteiger partial charge on any atom is -0.193 e. The molecular weight excluding hydrogens is 350 g/mol. The molecule has 0 radical (unpaired) electrons. The zero-order valence-corrected chi connectivity index (χ0v) is 18.4. The molecule has 0 spiro atoms. The molecule has 3 rings (SSSR count). The number of hydrogen-bond acceptors (Lipinski definition) is 1. The zero-order valence-electron chi connectivity index (χ0n) is 18.4. The minimum atomic E-state index is 0.632. The van der Waals surface area contributed by atoms with Crippen LogP contribution in [0.4, 0.5) is 0 Å². The number of hydrogen-bond donors (Lipinski definition) is 0. The molecule has 1 aromatic carbocycles. The third-order valence-electron chi connectivity index (χ3n) is 7.21. The summed E-state index contributed by atoms with van der Waals surface area (Å²) in [5.74, 6) is 2.95. The van der Waals surface area contributed by atoms with Gasteiger partial charge >= 0.3 is 0 Å². The quantitative estimate of drug-likeness (QED) is 0.250. The van der Waals surface area contributed by atoms with E-state index in [2.05, 4.69) is 55.5 Å². The number of allylic oxidation sites excluding steroid dienone is 4. The lowest BCUT2D eigenvalue weighted by molar-refractivity contribution is 0.348. The monoisotopic (exact) mass is 389 g/mol. The van der Waals surface area contributed by atoms with Gasteiger partial charge < -0.3 is 0 Å². The van der Waals surface area contributed by atoms with Crippen LogP contribution < -0.4 is 0 Å². The van der Waals surface area contributed by atoms with Crippen molar-refractivity contribution in [3.63, 3.8) is 0 Å². The Kier molecular flexibility index (Phi) is 9.07. The first-order valence-corrected chi connectivity index (χ1v) is 12.1. The Morgan fingerprint density at radius 2 is 1.34 bits per heavy atom. The summed E-state index contributed by atoms with van der Waals surface area (Å²) in [4.78, 5) is 0.